The summed E-state index contributed by atoms with van der Waals surface area (Å²) >= 11 is 0. The molecule has 2 aliphatic rings. The zero-order valence-electron chi connectivity index (χ0n) is 23.9. The number of hydrogen-bond donors (Lipinski definition) is 4. The molecule has 4 bridgehead atoms. The number of nitrogen functional groups attached to an aromatic ring is 1. The molecule has 42 heavy (non-hydrogen) atoms. The molecule has 0 spiro atoms. The molecule has 0 fully saturated rings. The number of carbonyl (C=O) groups excluding carboxylic acids is 2. The van der Waals surface area contributed by atoms with E-state index in [4.69, 9.17) is 5.73 Å². The van der Waals surface area contributed by atoms with Crippen molar-refractivity contribution in [3.63, 3.8) is 0 Å². The maximum absolute atomic E-state index is 13.8. The molecule has 1 aromatic heterocycles. The molecule has 0 aliphatic carbocycles. The van der Waals surface area contributed by atoms with Crippen molar-refractivity contribution < 1.29 is 18.0 Å². The summed E-state index contributed by atoms with van der Waals surface area (Å²) in [5, 5.41) is 10.9. The maximum atomic E-state index is 13.8. The van der Waals surface area contributed by atoms with E-state index in [2.05, 4.69) is 20.9 Å². The van der Waals surface area contributed by atoms with Crippen molar-refractivity contribution in [2.75, 3.05) is 16.4 Å². The standard InChI is InChI=1S/C32H35N5O4S/c1-32(2,3)42(40,41)27-14-12-24-18-23(27)19-35-31(39)29(21-9-7-20(8-10-21)5-4-6-28(38)36-24)37-25-11-13-26-22(17-25)15-16-34-30(26)33/h7-18,29,37H,4-6,19H2,1-3H3,(H2,33,34)(H,35,39)(H,36,38). The number of carbonyl (C=O) groups is 2. The van der Waals surface area contributed by atoms with Crippen LogP contribution in [0.5, 0.6) is 0 Å². The number of nitrogens with zero attached hydrogens (tertiary/aromatic N) is 1. The van der Waals surface area contributed by atoms with Crippen LogP contribution in [0.1, 0.15) is 56.3 Å². The lowest BCUT2D eigenvalue weighted by Gasteiger charge is -2.24. The minimum Gasteiger partial charge on any atom is -0.383 e. The van der Waals surface area contributed by atoms with E-state index in [1.807, 2.05) is 48.5 Å². The molecule has 1 atom stereocenters. The summed E-state index contributed by atoms with van der Waals surface area (Å²) in [6.07, 6.45) is 3.30. The van der Waals surface area contributed by atoms with Crippen LogP contribution in [0, 0.1) is 0 Å². The number of sulfone groups is 1. The van der Waals surface area contributed by atoms with E-state index in [0.29, 0.717) is 42.0 Å². The molecular formula is C32H35N5O4S. The molecule has 0 radical (unpaired) electrons. The third kappa shape index (κ3) is 6.08. The lowest BCUT2D eigenvalue weighted by atomic mass is 10.0. The van der Waals surface area contributed by atoms with E-state index in [1.165, 1.54) is 6.07 Å². The quantitative estimate of drug-likeness (QED) is 0.261. The summed E-state index contributed by atoms with van der Waals surface area (Å²) in [6.45, 7) is 4.85. The average molecular weight is 586 g/mol. The fourth-order valence-corrected chi connectivity index (χ4v) is 6.37. The highest BCUT2D eigenvalue weighted by atomic mass is 32.2. The molecule has 218 valence electrons. The number of rotatable bonds is 3. The summed E-state index contributed by atoms with van der Waals surface area (Å²) in [5.41, 5.74) is 9.41. The Morgan fingerprint density at radius 2 is 1.71 bits per heavy atom. The van der Waals surface area contributed by atoms with Gasteiger partial charge in [-0.05, 0) is 98.2 Å². The summed E-state index contributed by atoms with van der Waals surface area (Å²) < 4.78 is 25.9. The maximum Gasteiger partial charge on any atom is 0.247 e. The van der Waals surface area contributed by atoms with Gasteiger partial charge in [-0.2, -0.15) is 0 Å². The van der Waals surface area contributed by atoms with Gasteiger partial charge in [0, 0.05) is 35.9 Å². The number of anilines is 3. The Labute approximate surface area is 245 Å². The highest BCUT2D eigenvalue weighted by molar-refractivity contribution is 7.92. The summed E-state index contributed by atoms with van der Waals surface area (Å²) in [4.78, 5) is 30.7. The zero-order valence-corrected chi connectivity index (χ0v) is 24.7. The number of nitrogens with two attached hydrogens (primary N) is 1. The molecule has 2 amide bonds. The van der Waals surface area contributed by atoms with Crippen LogP contribution >= 0.6 is 0 Å². The second kappa shape index (κ2) is 11.4. The molecule has 3 aromatic carbocycles. The fraction of sp³-hybridized carbons (Fsp3) is 0.281. The topological polar surface area (TPSA) is 143 Å². The van der Waals surface area contributed by atoms with Gasteiger partial charge in [-0.1, -0.05) is 24.3 Å². The van der Waals surface area contributed by atoms with Crippen LogP contribution in [0.15, 0.2) is 77.8 Å². The Kier molecular flexibility index (Phi) is 7.92. The monoisotopic (exact) mass is 585 g/mol. The third-order valence-electron chi connectivity index (χ3n) is 7.44. The van der Waals surface area contributed by atoms with E-state index in [-0.39, 0.29) is 23.3 Å². The first-order valence-corrected chi connectivity index (χ1v) is 15.4. The van der Waals surface area contributed by atoms with Crippen molar-refractivity contribution in [3.05, 3.63) is 89.6 Å². The average Bonchev–Trinajstić information content (AvgIpc) is 2.94. The van der Waals surface area contributed by atoms with E-state index in [9.17, 15) is 18.0 Å². The molecule has 6 rings (SSSR count). The SMILES string of the molecule is CC(C)(C)S(=O)(=O)c1ccc2cc1CNC(=O)C(Nc1ccc3c(N)nccc3c1)c1ccc(cc1)CCCC(=O)N2. The third-order valence-corrected chi connectivity index (χ3v) is 10.0. The van der Waals surface area contributed by atoms with Gasteiger partial charge < -0.3 is 21.7 Å². The van der Waals surface area contributed by atoms with Crippen molar-refractivity contribution in [2.24, 2.45) is 0 Å². The van der Waals surface area contributed by atoms with E-state index in [0.717, 1.165) is 21.9 Å². The predicted molar refractivity (Wildman–Crippen MR) is 166 cm³/mol. The van der Waals surface area contributed by atoms with Crippen molar-refractivity contribution in [1.29, 1.82) is 0 Å². The first kappa shape index (κ1) is 29.1. The zero-order chi connectivity index (χ0) is 30.1. The molecule has 0 saturated heterocycles. The first-order chi connectivity index (χ1) is 19.9. The van der Waals surface area contributed by atoms with Crippen LogP contribution in [-0.4, -0.2) is 30.0 Å². The molecular weight excluding hydrogens is 550 g/mol. The van der Waals surface area contributed by atoms with Crippen molar-refractivity contribution in [3.8, 4) is 0 Å². The van der Waals surface area contributed by atoms with Gasteiger partial charge in [-0.3, -0.25) is 9.59 Å². The Morgan fingerprint density at radius 1 is 0.952 bits per heavy atom. The van der Waals surface area contributed by atoms with Crippen LogP contribution in [0.2, 0.25) is 0 Å². The number of pyridine rings is 1. The fourth-order valence-electron chi connectivity index (χ4n) is 4.98. The van der Waals surface area contributed by atoms with Gasteiger partial charge in [-0.15, -0.1) is 0 Å². The molecule has 9 nitrogen and oxygen atoms in total. The predicted octanol–water partition coefficient (Wildman–Crippen LogP) is 5.13. The number of nitrogens with one attached hydrogen (secondary N) is 3. The molecule has 4 aromatic rings. The van der Waals surface area contributed by atoms with Gasteiger partial charge in [0.2, 0.25) is 11.8 Å². The minimum absolute atomic E-state index is 0.0522. The Morgan fingerprint density at radius 3 is 2.45 bits per heavy atom. The lowest BCUT2D eigenvalue weighted by molar-refractivity contribution is -0.122. The Hall–Kier alpha value is -4.44. The minimum atomic E-state index is -3.74. The van der Waals surface area contributed by atoms with Gasteiger partial charge in [-0.25, -0.2) is 13.4 Å². The molecule has 1 unspecified atom stereocenters. The van der Waals surface area contributed by atoms with Crippen LogP contribution in [0.25, 0.3) is 10.8 Å². The highest BCUT2D eigenvalue weighted by Crippen LogP contribution is 2.31. The largest absolute Gasteiger partial charge is 0.383 e. The second-order valence-corrected chi connectivity index (χ2v) is 14.2. The van der Waals surface area contributed by atoms with Crippen LogP contribution in [0.4, 0.5) is 17.2 Å². The van der Waals surface area contributed by atoms with Crippen LogP contribution in [0.3, 0.4) is 0 Å². The van der Waals surface area contributed by atoms with Gasteiger partial charge in [0.1, 0.15) is 11.9 Å². The molecule has 3 heterocycles. The lowest BCUT2D eigenvalue weighted by Crippen LogP contribution is -2.34. The Bertz CT molecular complexity index is 1760. The number of hydrogen-bond acceptors (Lipinski definition) is 7. The summed E-state index contributed by atoms with van der Waals surface area (Å²) in [7, 11) is -3.74. The van der Waals surface area contributed by atoms with E-state index >= 15 is 0 Å². The first-order valence-electron chi connectivity index (χ1n) is 13.9. The number of benzene rings is 3. The van der Waals surface area contributed by atoms with Gasteiger partial charge in [0.25, 0.3) is 0 Å². The molecule has 2 aliphatic heterocycles. The number of amides is 2. The van der Waals surface area contributed by atoms with Crippen LogP contribution in [-0.2, 0) is 32.4 Å². The van der Waals surface area contributed by atoms with Crippen molar-refractivity contribution in [2.45, 2.75) is 62.3 Å². The van der Waals surface area contributed by atoms with Gasteiger partial charge in [0.05, 0.1) is 9.64 Å². The molecule has 5 N–H and O–H groups in total. The van der Waals surface area contributed by atoms with E-state index in [1.54, 1.807) is 39.1 Å². The molecule has 0 saturated carbocycles. The second-order valence-electron chi connectivity index (χ2n) is 11.5. The number of aryl methyl sites for hydroxylation is 1. The van der Waals surface area contributed by atoms with Crippen LogP contribution < -0.4 is 21.7 Å². The summed E-state index contributed by atoms with van der Waals surface area (Å²) in [6, 6.07) is 19.2. The number of fused-ring (bicyclic) bond motifs is 10. The van der Waals surface area contributed by atoms with E-state index < -0.39 is 20.6 Å². The Balaban J connectivity index is 1.53. The van der Waals surface area contributed by atoms with Crippen molar-refractivity contribution >= 4 is 49.6 Å². The highest BCUT2D eigenvalue weighted by Gasteiger charge is 2.33. The number of aromatic nitrogens is 1. The molecule has 10 heteroatoms. The van der Waals surface area contributed by atoms with Crippen molar-refractivity contribution in [1.82, 2.24) is 10.3 Å². The normalized spacial score (nSPS) is 16.6. The van der Waals surface area contributed by atoms with Gasteiger partial charge >= 0.3 is 0 Å². The van der Waals surface area contributed by atoms with Gasteiger partial charge in [0.15, 0.2) is 9.84 Å². The summed E-state index contributed by atoms with van der Waals surface area (Å²) in [5.74, 6) is -0.0634. The smallest absolute Gasteiger partial charge is 0.247 e.